The topological polar surface area (TPSA) is 106 Å². The minimum Gasteiger partial charge on any atom is -0.484 e. The van der Waals surface area contributed by atoms with Crippen LogP contribution in [-0.2, 0) is 16.0 Å². The molecule has 2 aromatic rings. The number of carbonyl (C=O) groups excluding carboxylic acids is 1. The third-order valence-electron chi connectivity index (χ3n) is 4.77. The van der Waals surface area contributed by atoms with E-state index in [1.807, 2.05) is 6.92 Å². The van der Waals surface area contributed by atoms with Crippen LogP contribution in [0.15, 0.2) is 33.5 Å². The van der Waals surface area contributed by atoms with Gasteiger partial charge in [0.05, 0.1) is 0 Å². The van der Waals surface area contributed by atoms with E-state index in [4.69, 9.17) is 9.15 Å². The van der Waals surface area contributed by atoms with Crippen LogP contribution in [-0.4, -0.2) is 29.6 Å². The predicted octanol–water partition coefficient (Wildman–Crippen LogP) is 3.13. The highest BCUT2D eigenvalue weighted by Crippen LogP contribution is 2.23. The van der Waals surface area contributed by atoms with Gasteiger partial charge in [-0.3, -0.25) is 4.79 Å². The van der Waals surface area contributed by atoms with E-state index in [-0.39, 0.29) is 12.5 Å². The van der Waals surface area contributed by atoms with Crippen molar-refractivity contribution in [2.24, 2.45) is 5.92 Å². The van der Waals surface area contributed by atoms with Gasteiger partial charge in [-0.25, -0.2) is 9.59 Å². The fourth-order valence-electron chi connectivity index (χ4n) is 2.92. The molecule has 0 aliphatic carbocycles. The summed E-state index contributed by atoms with van der Waals surface area (Å²) >= 11 is 0. The Labute approximate surface area is 163 Å². The van der Waals surface area contributed by atoms with Gasteiger partial charge in [-0.05, 0) is 36.5 Å². The van der Waals surface area contributed by atoms with E-state index < -0.39 is 23.5 Å². The van der Waals surface area contributed by atoms with Gasteiger partial charge >= 0.3 is 11.6 Å². The van der Waals surface area contributed by atoms with E-state index in [0.717, 1.165) is 30.2 Å². The van der Waals surface area contributed by atoms with Crippen LogP contribution in [0.3, 0.4) is 0 Å². The molecule has 2 unspecified atom stereocenters. The molecule has 0 bridgehead atoms. The fourth-order valence-corrected chi connectivity index (χ4v) is 2.92. The van der Waals surface area contributed by atoms with Crippen LogP contribution in [0.5, 0.6) is 5.75 Å². The Morgan fingerprint density at radius 1 is 1.25 bits per heavy atom. The molecule has 2 atom stereocenters. The summed E-state index contributed by atoms with van der Waals surface area (Å²) in [5.74, 6) is -1.42. The Hall–Kier alpha value is -2.83. The second kappa shape index (κ2) is 9.92. The SMILES string of the molecule is CCCCc1cc(=O)oc2cc(OCC(=O)NC(C(=O)O)C(C)CC)ccc12. The Balaban J connectivity index is 2.09. The number of amides is 1. The van der Waals surface area contributed by atoms with Crippen molar-refractivity contribution in [3.63, 3.8) is 0 Å². The van der Waals surface area contributed by atoms with Gasteiger partial charge in [0, 0.05) is 17.5 Å². The number of hydrogen-bond donors (Lipinski definition) is 2. The molecule has 0 fully saturated rings. The summed E-state index contributed by atoms with van der Waals surface area (Å²) in [6.07, 6.45) is 3.40. The molecule has 152 valence electrons. The van der Waals surface area contributed by atoms with Crippen LogP contribution >= 0.6 is 0 Å². The van der Waals surface area contributed by atoms with Crippen molar-refractivity contribution >= 4 is 22.8 Å². The number of aryl methyl sites for hydroxylation is 1. The lowest BCUT2D eigenvalue weighted by Crippen LogP contribution is -2.46. The molecule has 2 N–H and O–H groups in total. The molecule has 7 nitrogen and oxygen atoms in total. The number of hydrogen-bond acceptors (Lipinski definition) is 5. The number of rotatable bonds is 10. The molecule has 1 aromatic heterocycles. The van der Waals surface area contributed by atoms with E-state index in [2.05, 4.69) is 12.2 Å². The maximum Gasteiger partial charge on any atom is 0.336 e. The summed E-state index contributed by atoms with van der Waals surface area (Å²) in [6, 6.07) is 5.62. The number of benzene rings is 1. The van der Waals surface area contributed by atoms with Gasteiger partial charge in [0.1, 0.15) is 17.4 Å². The molecule has 1 amide bonds. The minimum atomic E-state index is -1.07. The third kappa shape index (κ3) is 5.58. The predicted molar refractivity (Wildman–Crippen MR) is 106 cm³/mol. The second-order valence-corrected chi connectivity index (χ2v) is 6.91. The van der Waals surface area contributed by atoms with Crippen LogP contribution in [0, 0.1) is 5.92 Å². The van der Waals surface area contributed by atoms with Crippen LogP contribution in [0.2, 0.25) is 0 Å². The van der Waals surface area contributed by atoms with Crippen molar-refractivity contribution in [2.45, 2.75) is 52.5 Å². The number of carbonyl (C=O) groups is 2. The van der Waals surface area contributed by atoms with Gasteiger partial charge in [0.15, 0.2) is 6.61 Å². The summed E-state index contributed by atoms with van der Waals surface area (Å²) in [7, 11) is 0. The quantitative estimate of drug-likeness (QED) is 0.605. The molecule has 1 heterocycles. The van der Waals surface area contributed by atoms with Crippen LogP contribution < -0.4 is 15.7 Å². The standard InChI is InChI=1S/C21H27NO6/c1-4-6-7-14-10-19(24)28-17-11-15(8-9-16(14)17)27-12-18(23)22-20(21(25)26)13(3)5-2/h8-11,13,20H,4-7,12H2,1-3H3,(H,22,23)(H,25,26). The van der Waals surface area contributed by atoms with Gasteiger partial charge in [-0.2, -0.15) is 0 Å². The summed E-state index contributed by atoms with van der Waals surface area (Å²) in [5.41, 5.74) is 0.904. The highest BCUT2D eigenvalue weighted by atomic mass is 16.5. The molecule has 0 spiro atoms. The molecule has 0 aliphatic rings. The van der Waals surface area contributed by atoms with E-state index in [1.54, 1.807) is 25.1 Å². The Bertz CT molecular complexity index is 888. The third-order valence-corrected chi connectivity index (χ3v) is 4.77. The zero-order valence-electron chi connectivity index (χ0n) is 16.5. The average molecular weight is 389 g/mol. The molecule has 0 aliphatic heterocycles. The van der Waals surface area contributed by atoms with Gasteiger partial charge in [0.2, 0.25) is 0 Å². The number of carboxylic acids is 1. The van der Waals surface area contributed by atoms with Gasteiger partial charge in [-0.1, -0.05) is 33.6 Å². The lowest BCUT2D eigenvalue weighted by molar-refractivity contribution is -0.143. The summed E-state index contributed by atoms with van der Waals surface area (Å²) < 4.78 is 10.7. The van der Waals surface area contributed by atoms with Crippen molar-refractivity contribution < 1.29 is 23.8 Å². The molecule has 1 aromatic carbocycles. The van der Waals surface area contributed by atoms with Crippen molar-refractivity contribution in [1.29, 1.82) is 0 Å². The van der Waals surface area contributed by atoms with Gasteiger partial charge in [-0.15, -0.1) is 0 Å². The summed E-state index contributed by atoms with van der Waals surface area (Å²) in [6.45, 7) is 5.38. The first-order valence-corrected chi connectivity index (χ1v) is 9.57. The van der Waals surface area contributed by atoms with Crippen molar-refractivity contribution in [2.75, 3.05) is 6.61 Å². The molecule has 0 saturated carbocycles. The van der Waals surface area contributed by atoms with Gasteiger partial charge in [0.25, 0.3) is 5.91 Å². The van der Waals surface area contributed by atoms with Crippen molar-refractivity contribution in [3.8, 4) is 5.75 Å². The highest BCUT2D eigenvalue weighted by Gasteiger charge is 2.25. The Kier molecular flexibility index (Phi) is 7.61. The molecule has 0 saturated heterocycles. The number of aliphatic carboxylic acids is 1. The van der Waals surface area contributed by atoms with E-state index in [0.29, 0.717) is 17.8 Å². The largest absolute Gasteiger partial charge is 0.484 e. The lowest BCUT2D eigenvalue weighted by Gasteiger charge is -2.20. The fraction of sp³-hybridized carbons (Fsp3) is 0.476. The normalized spacial score (nSPS) is 13.1. The molecular formula is C21H27NO6. The number of unbranched alkanes of at least 4 members (excludes halogenated alkanes) is 1. The number of carboxylic acid groups (broad SMARTS) is 1. The lowest BCUT2D eigenvalue weighted by atomic mass is 9.99. The Morgan fingerprint density at radius 3 is 2.64 bits per heavy atom. The monoisotopic (exact) mass is 389 g/mol. The molecule has 2 rings (SSSR count). The van der Waals surface area contributed by atoms with Crippen molar-refractivity contribution in [3.05, 3.63) is 40.2 Å². The summed E-state index contributed by atoms with van der Waals surface area (Å²) in [4.78, 5) is 35.2. The van der Waals surface area contributed by atoms with Crippen molar-refractivity contribution in [1.82, 2.24) is 5.32 Å². The molecule has 28 heavy (non-hydrogen) atoms. The second-order valence-electron chi connectivity index (χ2n) is 6.91. The number of fused-ring (bicyclic) bond motifs is 1. The first kappa shape index (κ1) is 21.5. The first-order chi connectivity index (χ1) is 13.3. The first-order valence-electron chi connectivity index (χ1n) is 9.57. The van der Waals surface area contributed by atoms with Crippen LogP contribution in [0.25, 0.3) is 11.0 Å². The zero-order chi connectivity index (χ0) is 20.7. The van der Waals surface area contributed by atoms with E-state index in [9.17, 15) is 19.5 Å². The van der Waals surface area contributed by atoms with Gasteiger partial charge < -0.3 is 19.6 Å². The molecule has 0 radical (unpaired) electrons. The minimum absolute atomic E-state index is 0.196. The van der Waals surface area contributed by atoms with E-state index >= 15 is 0 Å². The maximum atomic E-state index is 12.1. The number of nitrogens with one attached hydrogen (secondary N) is 1. The number of ether oxygens (including phenoxy) is 1. The van der Waals surface area contributed by atoms with Crippen LogP contribution in [0.1, 0.15) is 45.6 Å². The molecular weight excluding hydrogens is 362 g/mol. The average Bonchev–Trinajstić information content (AvgIpc) is 2.67. The maximum absolute atomic E-state index is 12.1. The van der Waals surface area contributed by atoms with E-state index in [1.165, 1.54) is 6.07 Å². The molecule has 7 heteroatoms. The smallest absolute Gasteiger partial charge is 0.336 e. The van der Waals surface area contributed by atoms with Crippen LogP contribution in [0.4, 0.5) is 0 Å². The Morgan fingerprint density at radius 2 is 2.00 bits per heavy atom. The zero-order valence-corrected chi connectivity index (χ0v) is 16.5. The summed E-state index contributed by atoms with van der Waals surface area (Å²) in [5, 5.41) is 12.6. The highest BCUT2D eigenvalue weighted by molar-refractivity contribution is 5.85.